The molecule has 1 fully saturated rings. The summed E-state index contributed by atoms with van der Waals surface area (Å²) >= 11 is 0. The Morgan fingerprint density at radius 1 is 1.31 bits per heavy atom. The zero-order valence-electron chi connectivity index (χ0n) is 11.3. The Balaban J connectivity index is 2.05. The van der Waals surface area contributed by atoms with Crippen LogP contribution in [0.2, 0.25) is 0 Å². The lowest BCUT2D eigenvalue weighted by atomic mass is 9.88. The van der Waals surface area contributed by atoms with E-state index in [0.29, 0.717) is 12.1 Å². The van der Waals surface area contributed by atoms with Crippen LogP contribution in [0.5, 0.6) is 0 Å². The van der Waals surface area contributed by atoms with Gasteiger partial charge in [0.2, 0.25) is 0 Å². The third kappa shape index (κ3) is 4.84. The minimum Gasteiger partial charge on any atom is -0.378 e. The van der Waals surface area contributed by atoms with Crippen LogP contribution in [-0.2, 0) is 4.74 Å². The van der Waals surface area contributed by atoms with E-state index in [1.54, 1.807) is 0 Å². The van der Waals surface area contributed by atoms with Crippen LogP contribution < -0.4 is 5.32 Å². The van der Waals surface area contributed by atoms with Crippen LogP contribution in [0.3, 0.4) is 0 Å². The molecule has 1 N–H and O–H groups in total. The van der Waals surface area contributed by atoms with E-state index in [-0.39, 0.29) is 0 Å². The molecule has 0 heterocycles. The van der Waals surface area contributed by atoms with Crippen LogP contribution in [0.1, 0.15) is 58.8 Å². The van der Waals surface area contributed by atoms with E-state index in [1.165, 1.54) is 44.9 Å². The first-order valence-corrected chi connectivity index (χ1v) is 7.06. The Hall–Kier alpha value is -0.0800. The molecule has 0 aromatic carbocycles. The highest BCUT2D eigenvalue weighted by atomic mass is 16.5. The van der Waals surface area contributed by atoms with Gasteiger partial charge in [0, 0.05) is 12.6 Å². The molecule has 1 aliphatic rings. The molecule has 96 valence electrons. The van der Waals surface area contributed by atoms with Gasteiger partial charge >= 0.3 is 0 Å². The molecule has 3 atom stereocenters. The third-order valence-corrected chi connectivity index (χ3v) is 3.96. The average molecular weight is 227 g/mol. The first kappa shape index (κ1) is 14.0. The van der Waals surface area contributed by atoms with Gasteiger partial charge in [0.15, 0.2) is 0 Å². The SMILES string of the molecule is CCC(CCCOC1CCCCC1C)NC. The van der Waals surface area contributed by atoms with E-state index in [1.807, 2.05) is 0 Å². The molecule has 0 bridgehead atoms. The monoisotopic (exact) mass is 227 g/mol. The van der Waals surface area contributed by atoms with Crippen molar-refractivity contribution in [1.82, 2.24) is 5.32 Å². The van der Waals surface area contributed by atoms with Gasteiger partial charge in [-0.25, -0.2) is 0 Å². The molecule has 0 radical (unpaired) electrons. The molecule has 3 unspecified atom stereocenters. The topological polar surface area (TPSA) is 21.3 Å². The molecule has 1 aliphatic carbocycles. The Labute approximate surface area is 101 Å². The summed E-state index contributed by atoms with van der Waals surface area (Å²) in [7, 11) is 2.05. The Morgan fingerprint density at radius 2 is 2.06 bits per heavy atom. The van der Waals surface area contributed by atoms with Gasteiger partial charge in [-0.3, -0.25) is 0 Å². The quantitative estimate of drug-likeness (QED) is 0.673. The van der Waals surface area contributed by atoms with E-state index in [9.17, 15) is 0 Å². The summed E-state index contributed by atoms with van der Waals surface area (Å²) in [6.07, 6.45) is 9.61. The average Bonchev–Trinajstić information content (AvgIpc) is 2.31. The molecule has 16 heavy (non-hydrogen) atoms. The molecule has 2 heteroatoms. The van der Waals surface area contributed by atoms with Crippen LogP contribution >= 0.6 is 0 Å². The van der Waals surface area contributed by atoms with Crippen LogP contribution in [0.25, 0.3) is 0 Å². The van der Waals surface area contributed by atoms with Crippen LogP contribution in [0.4, 0.5) is 0 Å². The Kier molecular flexibility index (Phi) is 7.06. The zero-order chi connectivity index (χ0) is 11.8. The van der Waals surface area contributed by atoms with Gasteiger partial charge in [-0.05, 0) is 45.1 Å². The summed E-state index contributed by atoms with van der Waals surface area (Å²) in [4.78, 5) is 0. The van der Waals surface area contributed by atoms with Gasteiger partial charge < -0.3 is 10.1 Å². The summed E-state index contributed by atoms with van der Waals surface area (Å²) in [6.45, 7) is 5.53. The summed E-state index contributed by atoms with van der Waals surface area (Å²) in [5.74, 6) is 0.778. The van der Waals surface area contributed by atoms with Crippen LogP contribution in [-0.4, -0.2) is 25.8 Å². The van der Waals surface area contributed by atoms with E-state index in [4.69, 9.17) is 4.74 Å². The molecule has 0 saturated heterocycles. The first-order valence-electron chi connectivity index (χ1n) is 7.06. The molecular formula is C14H29NO. The molecule has 1 rings (SSSR count). The van der Waals surface area contributed by atoms with Gasteiger partial charge in [0.05, 0.1) is 6.10 Å². The highest BCUT2D eigenvalue weighted by molar-refractivity contribution is 4.72. The predicted molar refractivity (Wildman–Crippen MR) is 69.7 cm³/mol. The molecule has 0 aliphatic heterocycles. The van der Waals surface area contributed by atoms with Crippen molar-refractivity contribution in [2.45, 2.75) is 70.9 Å². The van der Waals surface area contributed by atoms with Gasteiger partial charge in [-0.2, -0.15) is 0 Å². The van der Waals surface area contributed by atoms with Crippen molar-refractivity contribution in [2.24, 2.45) is 5.92 Å². The van der Waals surface area contributed by atoms with Crippen molar-refractivity contribution in [1.29, 1.82) is 0 Å². The second kappa shape index (κ2) is 8.08. The van der Waals surface area contributed by atoms with Crippen molar-refractivity contribution in [3.63, 3.8) is 0 Å². The fourth-order valence-corrected chi connectivity index (χ4v) is 2.65. The fourth-order valence-electron chi connectivity index (χ4n) is 2.65. The van der Waals surface area contributed by atoms with E-state index in [2.05, 4.69) is 26.2 Å². The standard InChI is InChI=1S/C14H29NO/c1-4-13(15-3)9-7-11-16-14-10-6-5-8-12(14)2/h12-15H,4-11H2,1-3H3. The van der Waals surface area contributed by atoms with E-state index < -0.39 is 0 Å². The minimum atomic E-state index is 0.545. The second-order valence-electron chi connectivity index (χ2n) is 5.21. The number of hydrogen-bond acceptors (Lipinski definition) is 2. The smallest absolute Gasteiger partial charge is 0.0600 e. The first-order chi connectivity index (χ1) is 7.77. The number of rotatable bonds is 7. The lowest BCUT2D eigenvalue weighted by Gasteiger charge is -2.29. The van der Waals surface area contributed by atoms with Crippen molar-refractivity contribution in [3.05, 3.63) is 0 Å². The molecule has 2 nitrogen and oxygen atoms in total. The van der Waals surface area contributed by atoms with Crippen molar-refractivity contribution in [3.8, 4) is 0 Å². The van der Waals surface area contributed by atoms with Crippen molar-refractivity contribution < 1.29 is 4.74 Å². The minimum absolute atomic E-state index is 0.545. The van der Waals surface area contributed by atoms with Crippen LogP contribution in [0.15, 0.2) is 0 Å². The zero-order valence-corrected chi connectivity index (χ0v) is 11.3. The van der Waals surface area contributed by atoms with Crippen molar-refractivity contribution >= 4 is 0 Å². The largest absolute Gasteiger partial charge is 0.378 e. The molecule has 0 spiro atoms. The summed E-state index contributed by atoms with van der Waals surface area (Å²) in [6, 6.07) is 0.673. The maximum atomic E-state index is 6.01. The summed E-state index contributed by atoms with van der Waals surface area (Å²) in [5.41, 5.74) is 0. The van der Waals surface area contributed by atoms with E-state index >= 15 is 0 Å². The highest BCUT2D eigenvalue weighted by Gasteiger charge is 2.21. The molecule has 0 amide bonds. The second-order valence-corrected chi connectivity index (χ2v) is 5.21. The lowest BCUT2D eigenvalue weighted by molar-refractivity contribution is -0.00707. The summed E-state index contributed by atoms with van der Waals surface area (Å²) in [5, 5.41) is 3.34. The maximum absolute atomic E-state index is 6.01. The number of ether oxygens (including phenoxy) is 1. The van der Waals surface area contributed by atoms with Gasteiger partial charge in [0.25, 0.3) is 0 Å². The van der Waals surface area contributed by atoms with Gasteiger partial charge in [-0.15, -0.1) is 0 Å². The highest BCUT2D eigenvalue weighted by Crippen LogP contribution is 2.26. The Bertz CT molecular complexity index is 168. The van der Waals surface area contributed by atoms with Crippen LogP contribution in [0, 0.1) is 5.92 Å². The maximum Gasteiger partial charge on any atom is 0.0600 e. The molecule has 0 aromatic rings. The fraction of sp³-hybridized carbons (Fsp3) is 1.00. The molecular weight excluding hydrogens is 198 g/mol. The normalized spacial score (nSPS) is 27.9. The molecule has 1 saturated carbocycles. The van der Waals surface area contributed by atoms with E-state index in [0.717, 1.165) is 12.5 Å². The van der Waals surface area contributed by atoms with Crippen molar-refractivity contribution in [2.75, 3.05) is 13.7 Å². The lowest BCUT2D eigenvalue weighted by Crippen LogP contribution is -2.27. The van der Waals surface area contributed by atoms with Gasteiger partial charge in [0.1, 0.15) is 0 Å². The Morgan fingerprint density at radius 3 is 2.69 bits per heavy atom. The molecule has 0 aromatic heterocycles. The third-order valence-electron chi connectivity index (χ3n) is 3.96. The number of nitrogens with one attached hydrogen (secondary N) is 1. The summed E-state index contributed by atoms with van der Waals surface area (Å²) < 4.78 is 6.01. The number of hydrogen-bond donors (Lipinski definition) is 1. The predicted octanol–water partition coefficient (Wildman–Crippen LogP) is 3.36. The van der Waals surface area contributed by atoms with Gasteiger partial charge in [-0.1, -0.05) is 26.7 Å².